The minimum Gasteiger partial charge on any atom is -0.491 e. The van der Waals surface area contributed by atoms with Crippen molar-refractivity contribution < 1.29 is 9.53 Å². The van der Waals surface area contributed by atoms with Gasteiger partial charge in [0.1, 0.15) is 18.2 Å². The summed E-state index contributed by atoms with van der Waals surface area (Å²) >= 11 is 5.92. The van der Waals surface area contributed by atoms with Crippen LogP contribution in [0.15, 0.2) is 48.5 Å². The number of aromatic nitrogens is 3. The van der Waals surface area contributed by atoms with Crippen LogP contribution in [-0.4, -0.2) is 45.8 Å². The van der Waals surface area contributed by atoms with Gasteiger partial charge in [-0.15, -0.1) is 5.10 Å². The number of aryl methyl sites for hydroxylation is 2. The van der Waals surface area contributed by atoms with Gasteiger partial charge in [0.05, 0.1) is 12.2 Å². The van der Waals surface area contributed by atoms with Crippen LogP contribution in [0.3, 0.4) is 0 Å². The topological polar surface area (TPSA) is 60.2 Å². The molecule has 0 spiro atoms. The Labute approximate surface area is 163 Å². The zero-order valence-electron chi connectivity index (χ0n) is 15.5. The van der Waals surface area contributed by atoms with E-state index in [-0.39, 0.29) is 11.7 Å². The van der Waals surface area contributed by atoms with Crippen molar-refractivity contribution in [2.45, 2.75) is 13.8 Å². The fourth-order valence-electron chi connectivity index (χ4n) is 2.59. The minimum atomic E-state index is -0.251. The second-order valence-corrected chi connectivity index (χ2v) is 6.65. The molecule has 3 rings (SSSR count). The molecule has 0 aliphatic carbocycles. The number of hydrogen-bond donors (Lipinski definition) is 0. The third-order valence-corrected chi connectivity index (χ3v) is 4.41. The van der Waals surface area contributed by atoms with E-state index in [1.54, 1.807) is 35.7 Å². The van der Waals surface area contributed by atoms with Gasteiger partial charge < -0.3 is 9.64 Å². The molecule has 0 radical (unpaired) electrons. The molecule has 0 saturated carbocycles. The predicted octanol–water partition coefficient (Wildman–Crippen LogP) is 3.69. The number of hydrogen-bond acceptors (Lipinski definition) is 4. The van der Waals surface area contributed by atoms with Gasteiger partial charge >= 0.3 is 0 Å². The Bertz CT molecular complexity index is 937. The Kier molecular flexibility index (Phi) is 5.76. The van der Waals surface area contributed by atoms with Crippen molar-refractivity contribution in [2.75, 3.05) is 20.2 Å². The standard InChI is InChI=1S/C20H21ClN4O2/c1-14-6-4-5-7-18(14)27-13-12-24(3)20(26)19-22-15(2)25(23-19)17-10-8-16(21)9-11-17/h4-11H,12-13H2,1-3H3. The number of carbonyl (C=O) groups excluding carboxylic acids is 1. The molecule has 1 amide bonds. The van der Waals surface area contributed by atoms with Crippen molar-refractivity contribution in [1.82, 2.24) is 19.7 Å². The van der Waals surface area contributed by atoms with Crippen molar-refractivity contribution in [3.05, 3.63) is 70.8 Å². The lowest BCUT2D eigenvalue weighted by Crippen LogP contribution is -2.31. The van der Waals surface area contributed by atoms with Crippen LogP contribution in [0, 0.1) is 13.8 Å². The van der Waals surface area contributed by atoms with Gasteiger partial charge in [0.25, 0.3) is 5.91 Å². The molecule has 1 aromatic heterocycles. The van der Waals surface area contributed by atoms with Crippen LogP contribution in [0.5, 0.6) is 5.75 Å². The molecule has 0 fully saturated rings. The average Bonchev–Trinajstić information content (AvgIpc) is 3.05. The summed E-state index contributed by atoms with van der Waals surface area (Å²) in [7, 11) is 1.71. The fraction of sp³-hybridized carbons (Fsp3) is 0.250. The SMILES string of the molecule is Cc1ccccc1OCCN(C)C(=O)c1nc(C)n(-c2ccc(Cl)cc2)n1. The van der Waals surface area contributed by atoms with E-state index in [0.717, 1.165) is 17.0 Å². The third-order valence-electron chi connectivity index (χ3n) is 4.16. The Morgan fingerprint density at radius 2 is 1.85 bits per heavy atom. The van der Waals surface area contributed by atoms with E-state index in [4.69, 9.17) is 16.3 Å². The summed E-state index contributed by atoms with van der Waals surface area (Å²) in [5.41, 5.74) is 1.86. The molecule has 0 atom stereocenters. The highest BCUT2D eigenvalue weighted by molar-refractivity contribution is 6.30. The maximum atomic E-state index is 12.6. The van der Waals surface area contributed by atoms with Crippen molar-refractivity contribution in [2.24, 2.45) is 0 Å². The summed E-state index contributed by atoms with van der Waals surface area (Å²) < 4.78 is 7.38. The highest BCUT2D eigenvalue weighted by Crippen LogP contribution is 2.16. The summed E-state index contributed by atoms with van der Waals surface area (Å²) in [6.07, 6.45) is 0. The predicted molar refractivity (Wildman–Crippen MR) is 105 cm³/mol. The first-order valence-electron chi connectivity index (χ1n) is 8.59. The lowest BCUT2D eigenvalue weighted by Gasteiger charge is -2.16. The molecule has 0 unspecified atom stereocenters. The third kappa shape index (κ3) is 4.46. The zero-order valence-corrected chi connectivity index (χ0v) is 16.3. The smallest absolute Gasteiger partial charge is 0.293 e. The second-order valence-electron chi connectivity index (χ2n) is 6.21. The van der Waals surface area contributed by atoms with E-state index in [1.807, 2.05) is 43.3 Å². The van der Waals surface area contributed by atoms with E-state index < -0.39 is 0 Å². The molecule has 1 heterocycles. The summed E-state index contributed by atoms with van der Waals surface area (Å²) in [6.45, 7) is 4.62. The molecule has 3 aromatic rings. The van der Waals surface area contributed by atoms with Crippen LogP contribution in [0.1, 0.15) is 22.0 Å². The molecular weight excluding hydrogens is 364 g/mol. The maximum Gasteiger partial charge on any atom is 0.293 e. The molecule has 7 heteroatoms. The molecule has 0 bridgehead atoms. The van der Waals surface area contributed by atoms with E-state index in [9.17, 15) is 4.79 Å². The normalized spacial score (nSPS) is 10.7. The molecule has 0 saturated heterocycles. The maximum absolute atomic E-state index is 12.6. The van der Waals surface area contributed by atoms with Gasteiger partial charge in [-0.1, -0.05) is 29.8 Å². The summed E-state index contributed by atoms with van der Waals surface area (Å²) in [6, 6.07) is 15.0. The minimum absolute atomic E-state index is 0.154. The lowest BCUT2D eigenvalue weighted by molar-refractivity contribution is 0.0761. The van der Waals surface area contributed by atoms with E-state index in [0.29, 0.717) is 24.0 Å². The first kappa shape index (κ1) is 18.9. The largest absolute Gasteiger partial charge is 0.491 e. The number of carbonyl (C=O) groups is 1. The molecule has 0 N–H and O–H groups in total. The van der Waals surface area contributed by atoms with Gasteiger partial charge in [0.15, 0.2) is 0 Å². The Morgan fingerprint density at radius 3 is 2.56 bits per heavy atom. The Balaban J connectivity index is 1.64. The number of benzene rings is 2. The van der Waals surface area contributed by atoms with Crippen molar-refractivity contribution in [3.63, 3.8) is 0 Å². The van der Waals surface area contributed by atoms with E-state index in [1.165, 1.54) is 0 Å². The van der Waals surface area contributed by atoms with Crippen LogP contribution in [0.25, 0.3) is 5.69 Å². The second kappa shape index (κ2) is 8.22. The molecular formula is C20H21ClN4O2. The number of rotatable bonds is 6. The first-order valence-corrected chi connectivity index (χ1v) is 8.97. The van der Waals surface area contributed by atoms with Gasteiger partial charge in [-0.3, -0.25) is 4.79 Å². The molecule has 0 aliphatic heterocycles. The number of nitrogens with zero attached hydrogens (tertiary/aromatic N) is 4. The molecule has 2 aromatic carbocycles. The number of ether oxygens (including phenoxy) is 1. The average molecular weight is 385 g/mol. The van der Waals surface area contributed by atoms with Gasteiger partial charge in [-0.2, -0.15) is 0 Å². The molecule has 0 aliphatic rings. The highest BCUT2D eigenvalue weighted by atomic mass is 35.5. The van der Waals surface area contributed by atoms with Gasteiger partial charge in [0.2, 0.25) is 5.82 Å². The monoisotopic (exact) mass is 384 g/mol. The quantitative estimate of drug-likeness (QED) is 0.650. The van der Waals surface area contributed by atoms with E-state index in [2.05, 4.69) is 10.1 Å². The first-order chi connectivity index (χ1) is 13.0. The molecule has 6 nitrogen and oxygen atoms in total. The molecule has 140 valence electrons. The Hall–Kier alpha value is -2.86. The number of amides is 1. The Morgan fingerprint density at radius 1 is 1.15 bits per heavy atom. The number of halogens is 1. The van der Waals surface area contributed by atoms with Gasteiger partial charge in [-0.05, 0) is 49.7 Å². The van der Waals surface area contributed by atoms with Crippen LogP contribution >= 0.6 is 11.6 Å². The summed E-state index contributed by atoms with van der Waals surface area (Å²) in [5, 5.41) is 4.98. The van der Waals surface area contributed by atoms with Gasteiger partial charge in [-0.25, -0.2) is 9.67 Å². The number of likely N-dealkylation sites (N-methyl/N-ethyl adjacent to an activating group) is 1. The number of para-hydroxylation sites is 1. The fourth-order valence-corrected chi connectivity index (χ4v) is 2.72. The van der Waals surface area contributed by atoms with Crippen molar-refractivity contribution in [3.8, 4) is 11.4 Å². The van der Waals surface area contributed by atoms with Crippen LogP contribution in [0.4, 0.5) is 0 Å². The van der Waals surface area contributed by atoms with Crippen LogP contribution in [-0.2, 0) is 0 Å². The lowest BCUT2D eigenvalue weighted by atomic mass is 10.2. The highest BCUT2D eigenvalue weighted by Gasteiger charge is 2.19. The van der Waals surface area contributed by atoms with Crippen molar-refractivity contribution in [1.29, 1.82) is 0 Å². The zero-order chi connectivity index (χ0) is 19.4. The van der Waals surface area contributed by atoms with Gasteiger partial charge in [0, 0.05) is 12.1 Å². The molecule has 27 heavy (non-hydrogen) atoms. The van der Waals surface area contributed by atoms with Crippen LogP contribution < -0.4 is 4.74 Å². The summed E-state index contributed by atoms with van der Waals surface area (Å²) in [5.74, 6) is 1.35. The van der Waals surface area contributed by atoms with E-state index >= 15 is 0 Å². The van der Waals surface area contributed by atoms with Crippen molar-refractivity contribution >= 4 is 17.5 Å². The summed E-state index contributed by atoms with van der Waals surface area (Å²) in [4.78, 5) is 18.5. The van der Waals surface area contributed by atoms with Crippen LogP contribution in [0.2, 0.25) is 5.02 Å².